The Kier molecular flexibility index (Phi) is 7.30. The first kappa shape index (κ1) is 21.5. The summed E-state index contributed by atoms with van der Waals surface area (Å²) in [5.41, 5.74) is 8.41. The van der Waals surface area contributed by atoms with Gasteiger partial charge in [-0.05, 0) is 18.6 Å². The van der Waals surface area contributed by atoms with Crippen molar-refractivity contribution in [3.8, 4) is 11.8 Å². The first-order chi connectivity index (χ1) is 15.2. The molecule has 4 heterocycles. The van der Waals surface area contributed by atoms with Crippen molar-refractivity contribution >= 4 is 11.6 Å². The van der Waals surface area contributed by atoms with Crippen LogP contribution < -0.4 is 10.6 Å². The largest absolute Gasteiger partial charge is 0.384 e. The number of morpholine rings is 1. The molecule has 2 aliphatic rings. The number of rotatable bonds is 5. The monoisotopic (exact) mass is 421 g/mol. The number of nitrogen functional groups attached to an aromatic ring is 1. The zero-order chi connectivity index (χ0) is 21.5. The molecule has 4 rings (SSSR count). The van der Waals surface area contributed by atoms with Crippen LogP contribution in [0.5, 0.6) is 0 Å². The van der Waals surface area contributed by atoms with Crippen molar-refractivity contribution in [3.05, 3.63) is 41.5 Å². The summed E-state index contributed by atoms with van der Waals surface area (Å²) in [5, 5.41) is 0. The van der Waals surface area contributed by atoms with Crippen LogP contribution in [0.1, 0.15) is 23.7 Å². The molecule has 0 spiro atoms. The van der Waals surface area contributed by atoms with Crippen LogP contribution in [-0.2, 0) is 11.2 Å². The maximum Gasteiger partial charge on any atom is 0.148 e. The van der Waals surface area contributed by atoms with Gasteiger partial charge < -0.3 is 15.4 Å². The second-order valence-electron chi connectivity index (χ2n) is 7.88. The first-order valence-electron chi connectivity index (χ1n) is 11.1. The molecular formula is C23H31N7O. The Labute approximate surface area is 184 Å². The van der Waals surface area contributed by atoms with Gasteiger partial charge in [0.25, 0.3) is 0 Å². The summed E-state index contributed by atoms with van der Waals surface area (Å²) in [6.07, 6.45) is 4.18. The fraction of sp³-hybridized carbons (Fsp3) is 0.522. The molecular weight excluding hydrogens is 390 g/mol. The lowest BCUT2D eigenvalue weighted by molar-refractivity contribution is 0.0331. The van der Waals surface area contributed by atoms with Crippen LogP contribution in [0.2, 0.25) is 0 Å². The highest BCUT2D eigenvalue weighted by molar-refractivity contribution is 5.59. The average molecular weight is 422 g/mol. The minimum absolute atomic E-state index is 0.495. The van der Waals surface area contributed by atoms with Gasteiger partial charge >= 0.3 is 0 Å². The summed E-state index contributed by atoms with van der Waals surface area (Å²) in [5.74, 6) is 7.96. The summed E-state index contributed by atoms with van der Waals surface area (Å²) < 4.78 is 5.44. The second-order valence-corrected chi connectivity index (χ2v) is 7.88. The van der Waals surface area contributed by atoms with Crippen LogP contribution in [0.4, 0.5) is 11.6 Å². The summed E-state index contributed by atoms with van der Waals surface area (Å²) in [6, 6.07) is 3.65. The highest BCUT2D eigenvalue weighted by Crippen LogP contribution is 2.21. The second kappa shape index (κ2) is 10.5. The molecule has 2 aliphatic heterocycles. The number of pyridine rings is 1. The molecule has 31 heavy (non-hydrogen) atoms. The molecule has 0 aromatic carbocycles. The van der Waals surface area contributed by atoms with E-state index in [1.807, 2.05) is 6.07 Å². The molecule has 0 unspecified atom stereocenters. The molecule has 0 amide bonds. The fourth-order valence-corrected chi connectivity index (χ4v) is 3.95. The number of ether oxygens (including phenoxy) is 1. The molecule has 2 saturated heterocycles. The van der Waals surface area contributed by atoms with Crippen molar-refractivity contribution < 1.29 is 4.74 Å². The van der Waals surface area contributed by atoms with Gasteiger partial charge in [-0.25, -0.2) is 15.0 Å². The fourth-order valence-electron chi connectivity index (χ4n) is 3.95. The van der Waals surface area contributed by atoms with Gasteiger partial charge in [-0.1, -0.05) is 18.8 Å². The Hall–Kier alpha value is -2.73. The summed E-state index contributed by atoms with van der Waals surface area (Å²) in [4.78, 5) is 20.6. The van der Waals surface area contributed by atoms with Crippen LogP contribution in [0, 0.1) is 11.8 Å². The van der Waals surface area contributed by atoms with Crippen molar-refractivity contribution in [2.45, 2.75) is 13.3 Å². The number of anilines is 2. The van der Waals surface area contributed by atoms with Crippen molar-refractivity contribution in [1.29, 1.82) is 0 Å². The number of piperazine rings is 1. The SMILES string of the molecule is CCc1ncnc(N2CCN(CCN3CCOCC3)CC2)c1C#Cc1ccc(N)nc1. The smallest absolute Gasteiger partial charge is 0.148 e. The third kappa shape index (κ3) is 5.70. The van der Waals surface area contributed by atoms with Crippen molar-refractivity contribution in [3.63, 3.8) is 0 Å². The summed E-state index contributed by atoms with van der Waals surface area (Å²) in [6.45, 7) is 12.1. The molecule has 8 nitrogen and oxygen atoms in total. The van der Waals surface area contributed by atoms with Gasteiger partial charge in [0.05, 0.1) is 24.5 Å². The molecule has 0 bridgehead atoms. The van der Waals surface area contributed by atoms with Crippen molar-refractivity contribution in [2.24, 2.45) is 0 Å². The highest BCUT2D eigenvalue weighted by Gasteiger charge is 2.22. The van der Waals surface area contributed by atoms with Gasteiger partial charge in [0.15, 0.2) is 0 Å². The number of hydrogen-bond donors (Lipinski definition) is 1. The van der Waals surface area contributed by atoms with E-state index in [1.165, 1.54) is 0 Å². The average Bonchev–Trinajstić information content (AvgIpc) is 2.83. The third-order valence-electron chi connectivity index (χ3n) is 5.87. The van der Waals surface area contributed by atoms with Gasteiger partial charge in [-0.15, -0.1) is 0 Å². The van der Waals surface area contributed by atoms with Crippen molar-refractivity contribution in [2.75, 3.05) is 76.2 Å². The lowest BCUT2D eigenvalue weighted by atomic mass is 10.1. The molecule has 0 saturated carbocycles. The lowest BCUT2D eigenvalue weighted by Crippen LogP contribution is -2.49. The van der Waals surface area contributed by atoms with E-state index in [4.69, 9.17) is 10.5 Å². The zero-order valence-electron chi connectivity index (χ0n) is 18.3. The van der Waals surface area contributed by atoms with Crippen LogP contribution in [0.15, 0.2) is 24.7 Å². The van der Waals surface area contributed by atoms with Crippen LogP contribution in [0.25, 0.3) is 0 Å². The van der Waals surface area contributed by atoms with E-state index >= 15 is 0 Å². The number of nitrogens with two attached hydrogens (primary N) is 1. The Balaban J connectivity index is 1.42. The van der Waals surface area contributed by atoms with Crippen LogP contribution in [0.3, 0.4) is 0 Å². The Morgan fingerprint density at radius 1 is 0.935 bits per heavy atom. The first-order valence-corrected chi connectivity index (χ1v) is 11.1. The maximum atomic E-state index is 5.68. The Morgan fingerprint density at radius 3 is 2.35 bits per heavy atom. The molecule has 0 atom stereocenters. The molecule has 2 fully saturated rings. The maximum absolute atomic E-state index is 5.68. The van der Waals surface area contributed by atoms with E-state index in [0.29, 0.717) is 5.82 Å². The van der Waals surface area contributed by atoms with Gasteiger partial charge in [-0.3, -0.25) is 9.80 Å². The van der Waals surface area contributed by atoms with E-state index < -0.39 is 0 Å². The topological polar surface area (TPSA) is 83.6 Å². The highest BCUT2D eigenvalue weighted by atomic mass is 16.5. The molecule has 0 aliphatic carbocycles. The summed E-state index contributed by atoms with van der Waals surface area (Å²) >= 11 is 0. The quantitative estimate of drug-likeness (QED) is 0.712. The van der Waals surface area contributed by atoms with Crippen LogP contribution >= 0.6 is 0 Å². The molecule has 8 heteroatoms. The predicted octanol–water partition coefficient (Wildman–Crippen LogP) is 0.870. The zero-order valence-corrected chi connectivity index (χ0v) is 18.3. The summed E-state index contributed by atoms with van der Waals surface area (Å²) in [7, 11) is 0. The van der Waals surface area contributed by atoms with E-state index in [0.717, 1.165) is 94.6 Å². The molecule has 0 radical (unpaired) electrons. The van der Waals surface area contributed by atoms with Gasteiger partial charge in [0, 0.05) is 64.1 Å². The van der Waals surface area contributed by atoms with Gasteiger partial charge in [-0.2, -0.15) is 0 Å². The van der Waals surface area contributed by atoms with E-state index in [2.05, 4.69) is 48.4 Å². The number of aryl methyl sites for hydroxylation is 1. The standard InChI is InChI=1S/C23H31N7O/c1-2-21-20(5-3-19-4-6-22(24)25-17-19)23(27-18-26-21)30-11-9-28(10-12-30)7-8-29-13-15-31-16-14-29/h4,6,17-18H,2,7-16H2,1H3,(H2,24,25). The van der Waals surface area contributed by atoms with E-state index in [-0.39, 0.29) is 0 Å². The van der Waals surface area contributed by atoms with Gasteiger partial charge in [0.2, 0.25) is 0 Å². The Bertz CT molecular complexity index is 908. The van der Waals surface area contributed by atoms with Crippen LogP contribution in [-0.4, -0.2) is 90.3 Å². The minimum Gasteiger partial charge on any atom is -0.384 e. The number of nitrogens with zero attached hydrogens (tertiary/aromatic N) is 6. The van der Waals surface area contributed by atoms with Crippen molar-refractivity contribution in [1.82, 2.24) is 24.8 Å². The molecule has 2 aromatic heterocycles. The normalized spacial score (nSPS) is 17.9. The molecule has 164 valence electrons. The number of aromatic nitrogens is 3. The lowest BCUT2D eigenvalue weighted by Gasteiger charge is -2.37. The van der Waals surface area contributed by atoms with Gasteiger partial charge in [0.1, 0.15) is 18.0 Å². The molecule has 2 N–H and O–H groups in total. The predicted molar refractivity (Wildman–Crippen MR) is 122 cm³/mol. The third-order valence-corrected chi connectivity index (χ3v) is 5.87. The van der Waals surface area contributed by atoms with E-state index in [1.54, 1.807) is 18.6 Å². The number of hydrogen-bond acceptors (Lipinski definition) is 8. The minimum atomic E-state index is 0.495. The van der Waals surface area contributed by atoms with E-state index in [9.17, 15) is 0 Å². The Morgan fingerprint density at radius 2 is 1.68 bits per heavy atom. The molecule has 2 aromatic rings.